The van der Waals surface area contributed by atoms with Crippen LogP contribution in [0.15, 0.2) is 0 Å². The number of nitrogens with zero attached hydrogens (tertiary/aromatic N) is 1. The molecular weight excluding hydrogens is 209 g/mol. The highest BCUT2D eigenvalue weighted by molar-refractivity contribution is 7.39. The number of ether oxygens (including phenoxy) is 1. The van der Waals surface area contributed by atoms with Gasteiger partial charge in [-0.25, -0.2) is 4.79 Å². The molecule has 0 N–H and O–H groups in total. The van der Waals surface area contributed by atoms with Gasteiger partial charge in [0, 0.05) is 23.9 Å². The molecule has 1 fully saturated rings. The average molecular weight is 231 g/mol. The van der Waals surface area contributed by atoms with Crippen molar-refractivity contribution in [3.8, 4) is 0 Å². The number of rotatable bonds is 1. The Balaban J connectivity index is 2.79. The van der Waals surface area contributed by atoms with Gasteiger partial charge in [-0.05, 0) is 44.0 Å². The van der Waals surface area contributed by atoms with Crippen LogP contribution in [0.2, 0.25) is 0 Å². The molecule has 1 atom stereocenters. The van der Waals surface area contributed by atoms with Gasteiger partial charge in [0.05, 0.1) is 0 Å². The van der Waals surface area contributed by atoms with Crippen molar-refractivity contribution in [2.75, 3.05) is 7.05 Å². The summed E-state index contributed by atoms with van der Waals surface area (Å²) in [4.78, 5) is 13.3. The van der Waals surface area contributed by atoms with E-state index in [1.165, 1.54) is 0 Å². The Morgan fingerprint density at radius 1 is 1.27 bits per heavy atom. The van der Waals surface area contributed by atoms with Crippen LogP contribution in [-0.2, 0) is 4.74 Å². The van der Waals surface area contributed by atoms with Crippen molar-refractivity contribution < 1.29 is 9.53 Å². The first-order valence-corrected chi connectivity index (χ1v) is 5.93. The fraction of sp³-hybridized carbons (Fsp3) is 0.909. The lowest BCUT2D eigenvalue weighted by Crippen LogP contribution is -2.60. The molecule has 0 saturated carbocycles. The Bertz CT molecular complexity index is 245. The predicted molar refractivity (Wildman–Crippen MR) is 65.1 cm³/mol. The van der Waals surface area contributed by atoms with Gasteiger partial charge in [-0.1, -0.05) is 0 Å². The minimum atomic E-state index is -0.254. The van der Waals surface area contributed by atoms with Crippen LogP contribution < -0.4 is 0 Å². The third kappa shape index (κ3) is 2.92. The Labute approximate surface area is 94.7 Å². The second-order valence-electron chi connectivity index (χ2n) is 5.65. The maximum absolute atomic E-state index is 10.9. The van der Waals surface area contributed by atoms with Crippen molar-refractivity contribution in [2.24, 2.45) is 0 Å². The molecule has 0 aromatic carbocycles. The van der Waals surface area contributed by atoms with E-state index in [2.05, 4.69) is 48.9 Å². The number of hydrogen-bond donors (Lipinski definition) is 0. The molecule has 0 aromatic heterocycles. The zero-order chi connectivity index (χ0) is 11.9. The molecule has 1 heterocycles. The molecule has 1 aliphatic rings. The largest absolute Gasteiger partial charge is 0.460 e. The normalized spacial score (nSPS) is 26.3. The third-order valence-corrected chi connectivity index (χ3v) is 3.69. The van der Waals surface area contributed by atoms with Crippen molar-refractivity contribution in [2.45, 2.75) is 57.7 Å². The van der Waals surface area contributed by atoms with E-state index < -0.39 is 0 Å². The summed E-state index contributed by atoms with van der Waals surface area (Å²) in [5.74, 6) is 0. The molecule has 0 bridgehead atoms. The quantitative estimate of drug-likeness (QED) is 0.650. The van der Waals surface area contributed by atoms with Gasteiger partial charge in [-0.3, -0.25) is 4.90 Å². The molecule has 3 nitrogen and oxygen atoms in total. The Hall–Kier alpha value is -0.140. The number of carbonyl (C=O) groups excluding carboxylic acids is 1. The van der Waals surface area contributed by atoms with E-state index in [9.17, 15) is 4.79 Å². The van der Waals surface area contributed by atoms with Gasteiger partial charge in [-0.2, -0.15) is 0 Å². The average Bonchev–Trinajstić information content (AvgIpc) is 1.97. The van der Waals surface area contributed by atoms with Gasteiger partial charge in [0.1, 0.15) is 6.10 Å². The summed E-state index contributed by atoms with van der Waals surface area (Å²) >= 11 is 0. The first-order valence-electron chi connectivity index (χ1n) is 5.35. The second-order valence-corrected chi connectivity index (χ2v) is 6.12. The van der Waals surface area contributed by atoms with Crippen molar-refractivity contribution in [1.29, 1.82) is 0 Å². The first kappa shape index (κ1) is 12.9. The molecule has 1 unspecified atom stereocenters. The van der Waals surface area contributed by atoms with Crippen molar-refractivity contribution in [3.63, 3.8) is 0 Å². The monoisotopic (exact) mass is 231 g/mol. The smallest absolute Gasteiger partial charge is 0.320 e. The molecule has 1 rings (SSSR count). The predicted octanol–water partition coefficient (Wildman–Crippen LogP) is 2.65. The lowest BCUT2D eigenvalue weighted by atomic mass is 9.79. The maximum Gasteiger partial charge on any atom is 0.320 e. The summed E-state index contributed by atoms with van der Waals surface area (Å²) in [6.07, 6.45) is 1.83. The summed E-state index contributed by atoms with van der Waals surface area (Å²) in [6.45, 7) is 8.77. The van der Waals surface area contributed by atoms with Gasteiger partial charge in [0.25, 0.3) is 0 Å². The van der Waals surface area contributed by atoms with E-state index >= 15 is 0 Å². The third-order valence-electron chi connectivity index (χ3n) is 3.55. The minimum absolute atomic E-state index is 0.0381. The van der Waals surface area contributed by atoms with Crippen LogP contribution in [0.5, 0.6) is 0 Å². The highest BCUT2D eigenvalue weighted by atomic mass is 31.0. The summed E-state index contributed by atoms with van der Waals surface area (Å²) in [7, 11) is 4.22. The number of likely N-dealkylation sites (tertiary alicyclic amines) is 1. The van der Waals surface area contributed by atoms with E-state index in [1.807, 2.05) is 0 Å². The lowest BCUT2D eigenvalue weighted by Gasteiger charge is -2.53. The highest BCUT2D eigenvalue weighted by Crippen LogP contribution is 2.38. The lowest BCUT2D eigenvalue weighted by molar-refractivity contribution is -0.0639. The van der Waals surface area contributed by atoms with Crippen molar-refractivity contribution >= 4 is 15.0 Å². The zero-order valence-electron chi connectivity index (χ0n) is 10.3. The fourth-order valence-electron chi connectivity index (χ4n) is 2.53. The number of carbonyl (C=O) groups is 1. The van der Waals surface area contributed by atoms with Crippen LogP contribution >= 0.6 is 9.24 Å². The summed E-state index contributed by atoms with van der Waals surface area (Å²) in [5, 5.41) is 0. The van der Waals surface area contributed by atoms with Crippen LogP contribution in [0.1, 0.15) is 40.5 Å². The van der Waals surface area contributed by atoms with Gasteiger partial charge < -0.3 is 4.74 Å². The van der Waals surface area contributed by atoms with Crippen LogP contribution in [0, 0.1) is 0 Å². The number of hydrogen-bond acceptors (Lipinski definition) is 3. The topological polar surface area (TPSA) is 29.5 Å². The molecule has 0 amide bonds. The molecule has 0 aliphatic carbocycles. The maximum atomic E-state index is 10.9. The van der Waals surface area contributed by atoms with E-state index in [-0.39, 0.29) is 22.9 Å². The Morgan fingerprint density at radius 3 is 2.00 bits per heavy atom. The summed E-state index contributed by atoms with van der Waals surface area (Å²) in [6, 6.07) is 0. The van der Waals surface area contributed by atoms with Gasteiger partial charge in [0.2, 0.25) is 0 Å². The number of piperidine rings is 1. The van der Waals surface area contributed by atoms with Crippen LogP contribution in [0.4, 0.5) is 4.79 Å². The van der Waals surface area contributed by atoms with Gasteiger partial charge in [-0.15, -0.1) is 0 Å². The molecule has 0 radical (unpaired) electrons. The van der Waals surface area contributed by atoms with Gasteiger partial charge >= 0.3 is 5.71 Å². The van der Waals surface area contributed by atoms with Crippen LogP contribution in [-0.4, -0.2) is 34.8 Å². The van der Waals surface area contributed by atoms with Crippen molar-refractivity contribution in [3.05, 3.63) is 0 Å². The fourth-order valence-corrected chi connectivity index (χ4v) is 2.72. The van der Waals surface area contributed by atoms with E-state index in [1.54, 1.807) is 0 Å². The second kappa shape index (κ2) is 4.03. The Kier molecular flexibility index (Phi) is 3.47. The van der Waals surface area contributed by atoms with E-state index in [0.29, 0.717) is 0 Å². The summed E-state index contributed by atoms with van der Waals surface area (Å²) in [5.41, 5.74) is -0.102. The highest BCUT2D eigenvalue weighted by Gasteiger charge is 2.44. The molecule has 0 spiro atoms. The Morgan fingerprint density at radius 2 is 1.67 bits per heavy atom. The first-order chi connectivity index (χ1) is 6.65. The molecule has 88 valence electrons. The van der Waals surface area contributed by atoms with Gasteiger partial charge in [0.15, 0.2) is 0 Å². The van der Waals surface area contributed by atoms with E-state index in [0.717, 1.165) is 12.8 Å². The standard InChI is InChI=1S/C11H22NO2P/c1-10(2)6-8(14-9(13)15)7-11(3,4)12(10)5/h8H,6-7,15H2,1-5H3. The molecule has 4 heteroatoms. The molecule has 1 aliphatic heterocycles. The molecule has 15 heavy (non-hydrogen) atoms. The van der Waals surface area contributed by atoms with Crippen LogP contribution in [0.25, 0.3) is 0 Å². The molecule has 0 aromatic rings. The van der Waals surface area contributed by atoms with Crippen LogP contribution in [0.3, 0.4) is 0 Å². The SMILES string of the molecule is CN1C(C)(C)CC(OC(=O)P)CC1(C)C. The molecular formula is C11H22NO2P. The molecule has 1 saturated heterocycles. The minimum Gasteiger partial charge on any atom is -0.460 e. The zero-order valence-corrected chi connectivity index (χ0v) is 11.5. The summed E-state index contributed by atoms with van der Waals surface area (Å²) < 4.78 is 5.31. The van der Waals surface area contributed by atoms with Crippen molar-refractivity contribution in [1.82, 2.24) is 4.90 Å². The van der Waals surface area contributed by atoms with E-state index in [4.69, 9.17) is 4.74 Å².